The average Bonchev–Trinajstić information content (AvgIpc) is 2.37. The molecule has 1 heterocycles. The van der Waals surface area contributed by atoms with E-state index in [2.05, 4.69) is 4.98 Å². The molecular formula is C12H7F3N2O3. The predicted octanol–water partition coefficient (Wildman–Crippen LogP) is 3.51. The molecule has 104 valence electrons. The Morgan fingerprint density at radius 1 is 1.25 bits per heavy atom. The molecule has 8 heteroatoms. The lowest BCUT2D eigenvalue weighted by molar-refractivity contribution is -0.385. The van der Waals surface area contributed by atoms with E-state index in [1.165, 1.54) is 19.1 Å². The standard InChI is InChI=1S/C12H7F3N2O3/c1-6-3-2-4-9(17(18)19)10(6)20-12-8(14)5-7(13)11(15)16-12/h2-5H,1H3. The van der Waals surface area contributed by atoms with Gasteiger partial charge in [-0.15, -0.1) is 0 Å². The lowest BCUT2D eigenvalue weighted by Gasteiger charge is -2.09. The Morgan fingerprint density at radius 3 is 2.60 bits per heavy atom. The summed E-state index contributed by atoms with van der Waals surface area (Å²) in [6.45, 7) is 1.49. The summed E-state index contributed by atoms with van der Waals surface area (Å²) in [5.41, 5.74) is -0.110. The van der Waals surface area contributed by atoms with Crippen molar-refractivity contribution < 1.29 is 22.8 Å². The summed E-state index contributed by atoms with van der Waals surface area (Å²) >= 11 is 0. The molecule has 20 heavy (non-hydrogen) atoms. The fourth-order valence-electron chi connectivity index (χ4n) is 1.51. The van der Waals surface area contributed by atoms with Crippen molar-refractivity contribution in [3.63, 3.8) is 0 Å². The van der Waals surface area contributed by atoms with Gasteiger partial charge < -0.3 is 4.74 Å². The normalized spacial score (nSPS) is 10.4. The van der Waals surface area contributed by atoms with Gasteiger partial charge in [0.05, 0.1) is 4.92 Å². The number of hydrogen-bond donors (Lipinski definition) is 0. The molecule has 1 aromatic carbocycles. The maximum absolute atomic E-state index is 13.4. The first kappa shape index (κ1) is 13.8. The van der Waals surface area contributed by atoms with Crippen LogP contribution >= 0.6 is 0 Å². The molecule has 0 spiro atoms. The quantitative estimate of drug-likeness (QED) is 0.491. The van der Waals surface area contributed by atoms with Crippen LogP contribution in [-0.2, 0) is 0 Å². The molecule has 2 aromatic rings. The molecule has 0 aliphatic heterocycles. The minimum absolute atomic E-state index is 0.252. The first-order valence-corrected chi connectivity index (χ1v) is 5.33. The Balaban J connectivity index is 2.50. The third kappa shape index (κ3) is 2.53. The molecule has 0 atom stereocenters. The van der Waals surface area contributed by atoms with E-state index >= 15 is 0 Å². The fourth-order valence-corrected chi connectivity index (χ4v) is 1.51. The number of aryl methyl sites for hydroxylation is 1. The zero-order chi connectivity index (χ0) is 14.9. The number of aromatic nitrogens is 1. The lowest BCUT2D eigenvalue weighted by Crippen LogP contribution is -2.01. The zero-order valence-corrected chi connectivity index (χ0v) is 10.1. The highest BCUT2D eigenvalue weighted by molar-refractivity contribution is 5.52. The van der Waals surface area contributed by atoms with Crippen LogP contribution in [0.15, 0.2) is 24.3 Å². The molecule has 0 radical (unpaired) electrons. The van der Waals surface area contributed by atoms with Crippen LogP contribution in [0.5, 0.6) is 11.6 Å². The third-order valence-electron chi connectivity index (χ3n) is 2.44. The summed E-state index contributed by atoms with van der Waals surface area (Å²) in [6.07, 6.45) is 0. The number of nitro benzene ring substituents is 1. The highest BCUT2D eigenvalue weighted by Gasteiger charge is 2.21. The molecule has 1 aromatic heterocycles. The summed E-state index contributed by atoms with van der Waals surface area (Å²) in [7, 11) is 0. The number of pyridine rings is 1. The Bertz CT molecular complexity index is 692. The number of benzene rings is 1. The molecule has 0 N–H and O–H groups in total. The summed E-state index contributed by atoms with van der Waals surface area (Å²) in [4.78, 5) is 13.1. The largest absolute Gasteiger partial charge is 0.429 e. The number of ether oxygens (including phenoxy) is 1. The summed E-state index contributed by atoms with van der Waals surface area (Å²) in [6, 6.07) is 4.29. The average molecular weight is 284 g/mol. The molecule has 0 unspecified atom stereocenters. The van der Waals surface area contributed by atoms with Gasteiger partial charge >= 0.3 is 5.69 Å². The van der Waals surface area contributed by atoms with Crippen LogP contribution in [-0.4, -0.2) is 9.91 Å². The summed E-state index contributed by atoms with van der Waals surface area (Å²) in [5.74, 6) is -5.45. The molecule has 2 rings (SSSR count). The number of hydrogen-bond acceptors (Lipinski definition) is 4. The van der Waals surface area contributed by atoms with Crippen molar-refractivity contribution >= 4 is 5.69 Å². The molecule has 0 fully saturated rings. The van der Waals surface area contributed by atoms with E-state index in [1.54, 1.807) is 0 Å². The molecule has 0 saturated heterocycles. The van der Waals surface area contributed by atoms with Gasteiger partial charge in [0.25, 0.3) is 11.8 Å². The van der Waals surface area contributed by atoms with Crippen molar-refractivity contribution in [1.29, 1.82) is 0 Å². The van der Waals surface area contributed by atoms with Gasteiger partial charge in [0, 0.05) is 12.1 Å². The van der Waals surface area contributed by atoms with Crippen molar-refractivity contribution in [2.24, 2.45) is 0 Å². The molecule has 0 amide bonds. The second-order valence-corrected chi connectivity index (χ2v) is 3.83. The van der Waals surface area contributed by atoms with Crippen molar-refractivity contribution in [3.8, 4) is 11.6 Å². The Morgan fingerprint density at radius 2 is 1.95 bits per heavy atom. The zero-order valence-electron chi connectivity index (χ0n) is 10.1. The van der Waals surface area contributed by atoms with Gasteiger partial charge in [0.2, 0.25) is 5.75 Å². The monoisotopic (exact) mass is 284 g/mol. The maximum Gasteiger partial charge on any atom is 0.311 e. The van der Waals surface area contributed by atoms with Gasteiger partial charge in [-0.2, -0.15) is 9.37 Å². The number of para-hydroxylation sites is 1. The van der Waals surface area contributed by atoms with Crippen molar-refractivity contribution in [2.75, 3.05) is 0 Å². The van der Waals surface area contributed by atoms with Crippen molar-refractivity contribution in [3.05, 3.63) is 57.5 Å². The van der Waals surface area contributed by atoms with E-state index < -0.39 is 34.1 Å². The second-order valence-electron chi connectivity index (χ2n) is 3.83. The fraction of sp³-hybridized carbons (Fsp3) is 0.0833. The lowest BCUT2D eigenvalue weighted by atomic mass is 10.2. The van der Waals surface area contributed by atoms with E-state index in [0.29, 0.717) is 5.56 Å². The highest BCUT2D eigenvalue weighted by Crippen LogP contribution is 2.34. The van der Waals surface area contributed by atoms with Gasteiger partial charge in [-0.1, -0.05) is 12.1 Å². The van der Waals surface area contributed by atoms with E-state index in [1.807, 2.05) is 0 Å². The SMILES string of the molecule is Cc1cccc([N+](=O)[O-])c1Oc1nc(F)c(F)cc1F. The van der Waals surface area contributed by atoms with E-state index in [9.17, 15) is 23.3 Å². The van der Waals surface area contributed by atoms with Crippen molar-refractivity contribution in [2.45, 2.75) is 6.92 Å². The van der Waals surface area contributed by atoms with Crippen molar-refractivity contribution in [1.82, 2.24) is 4.98 Å². The number of nitrogens with zero attached hydrogens (tertiary/aromatic N) is 2. The minimum Gasteiger partial charge on any atom is -0.429 e. The van der Waals surface area contributed by atoms with Gasteiger partial charge in [-0.3, -0.25) is 10.1 Å². The number of nitro groups is 1. The maximum atomic E-state index is 13.4. The van der Waals surface area contributed by atoms with E-state index in [0.717, 1.165) is 6.07 Å². The molecule has 0 saturated carbocycles. The van der Waals surface area contributed by atoms with Crippen LogP contribution in [0.2, 0.25) is 0 Å². The van der Waals surface area contributed by atoms with E-state index in [-0.39, 0.29) is 11.8 Å². The van der Waals surface area contributed by atoms with Gasteiger partial charge in [0.1, 0.15) is 0 Å². The van der Waals surface area contributed by atoms with Gasteiger partial charge in [0.15, 0.2) is 11.6 Å². The molecular weight excluding hydrogens is 277 g/mol. The Labute approximate surface area is 110 Å². The molecule has 0 aliphatic rings. The smallest absolute Gasteiger partial charge is 0.311 e. The van der Waals surface area contributed by atoms with Gasteiger partial charge in [-0.25, -0.2) is 8.78 Å². The van der Waals surface area contributed by atoms with Crippen LogP contribution in [0, 0.1) is 34.6 Å². The van der Waals surface area contributed by atoms with Crippen LogP contribution in [0.3, 0.4) is 0 Å². The van der Waals surface area contributed by atoms with Crippen LogP contribution in [0.1, 0.15) is 5.56 Å². The number of halogens is 3. The predicted molar refractivity (Wildman–Crippen MR) is 62.0 cm³/mol. The van der Waals surface area contributed by atoms with Crippen LogP contribution in [0.4, 0.5) is 18.9 Å². The summed E-state index contributed by atoms with van der Waals surface area (Å²) < 4.78 is 44.0. The first-order chi connectivity index (χ1) is 9.40. The van der Waals surface area contributed by atoms with Crippen LogP contribution in [0.25, 0.3) is 0 Å². The Kier molecular flexibility index (Phi) is 3.55. The third-order valence-corrected chi connectivity index (χ3v) is 2.44. The second kappa shape index (κ2) is 5.16. The van der Waals surface area contributed by atoms with Gasteiger partial charge in [-0.05, 0) is 12.5 Å². The van der Waals surface area contributed by atoms with Crippen LogP contribution < -0.4 is 4.74 Å². The molecule has 0 aliphatic carbocycles. The summed E-state index contributed by atoms with van der Waals surface area (Å²) in [5, 5.41) is 10.8. The topological polar surface area (TPSA) is 65.3 Å². The highest BCUT2D eigenvalue weighted by atomic mass is 19.2. The first-order valence-electron chi connectivity index (χ1n) is 5.33. The number of rotatable bonds is 3. The molecule has 0 bridgehead atoms. The molecule has 5 nitrogen and oxygen atoms in total. The minimum atomic E-state index is -1.56. The Hall–Kier alpha value is -2.64. The van der Waals surface area contributed by atoms with E-state index in [4.69, 9.17) is 4.74 Å².